The van der Waals surface area contributed by atoms with Gasteiger partial charge in [-0.3, -0.25) is 9.98 Å². The standard InChI is InChI=1S/C7H10N4O2/c1-13-7(12)6(8)11-4-9-2-5-3-10-5/h3-5H,2H2,1H3,(H2,8,9,11). The van der Waals surface area contributed by atoms with E-state index in [0.717, 1.165) is 0 Å². The van der Waals surface area contributed by atoms with Crippen LogP contribution in [-0.2, 0) is 9.53 Å². The Hall–Kier alpha value is -1.72. The van der Waals surface area contributed by atoms with Crippen molar-refractivity contribution in [3.05, 3.63) is 0 Å². The first kappa shape index (κ1) is 9.37. The summed E-state index contributed by atoms with van der Waals surface area (Å²) < 4.78 is 4.32. The van der Waals surface area contributed by atoms with Gasteiger partial charge in [0.2, 0.25) is 5.84 Å². The number of carbonyl (C=O) groups excluding carboxylic acids is 1. The molecule has 6 heteroatoms. The van der Waals surface area contributed by atoms with Gasteiger partial charge in [-0.2, -0.15) is 0 Å². The maximum absolute atomic E-state index is 10.7. The van der Waals surface area contributed by atoms with E-state index in [-0.39, 0.29) is 11.9 Å². The molecule has 13 heavy (non-hydrogen) atoms. The van der Waals surface area contributed by atoms with Gasteiger partial charge in [0.05, 0.1) is 13.7 Å². The van der Waals surface area contributed by atoms with Gasteiger partial charge in [-0.25, -0.2) is 9.79 Å². The molecule has 1 rings (SSSR count). The van der Waals surface area contributed by atoms with E-state index in [2.05, 4.69) is 19.7 Å². The summed E-state index contributed by atoms with van der Waals surface area (Å²) in [6.45, 7) is 0.554. The van der Waals surface area contributed by atoms with Crippen LogP contribution in [-0.4, -0.2) is 44.1 Å². The molecule has 0 saturated carbocycles. The molecular formula is C7H10N4O2. The Morgan fingerprint density at radius 1 is 1.85 bits per heavy atom. The van der Waals surface area contributed by atoms with Gasteiger partial charge in [0.25, 0.3) is 0 Å². The minimum absolute atomic E-state index is 0.206. The Morgan fingerprint density at radius 2 is 2.54 bits per heavy atom. The van der Waals surface area contributed by atoms with Gasteiger partial charge < -0.3 is 10.5 Å². The van der Waals surface area contributed by atoms with Crippen molar-refractivity contribution in [1.29, 1.82) is 0 Å². The summed E-state index contributed by atoms with van der Waals surface area (Å²) in [5.41, 5.74) is 5.21. The average molecular weight is 182 g/mol. The Kier molecular flexibility index (Phi) is 3.13. The van der Waals surface area contributed by atoms with E-state index in [9.17, 15) is 4.79 Å². The highest BCUT2D eigenvalue weighted by molar-refractivity contribution is 6.35. The number of amidine groups is 1. The van der Waals surface area contributed by atoms with Crippen LogP contribution in [0.25, 0.3) is 0 Å². The highest BCUT2D eigenvalue weighted by atomic mass is 16.5. The summed E-state index contributed by atoms with van der Waals surface area (Å²) in [6, 6.07) is 0.214. The van der Waals surface area contributed by atoms with Crippen molar-refractivity contribution in [1.82, 2.24) is 0 Å². The van der Waals surface area contributed by atoms with Crippen molar-refractivity contribution in [2.75, 3.05) is 13.7 Å². The molecule has 0 saturated heterocycles. The second kappa shape index (κ2) is 4.34. The predicted octanol–water partition coefficient (Wildman–Crippen LogP) is -1.00. The first-order chi connectivity index (χ1) is 6.24. The van der Waals surface area contributed by atoms with E-state index in [4.69, 9.17) is 5.73 Å². The lowest BCUT2D eigenvalue weighted by atomic mass is 10.5. The molecule has 0 fully saturated rings. The van der Waals surface area contributed by atoms with E-state index in [1.165, 1.54) is 13.4 Å². The van der Waals surface area contributed by atoms with Crippen LogP contribution in [0.3, 0.4) is 0 Å². The largest absolute Gasteiger partial charge is 0.463 e. The van der Waals surface area contributed by atoms with Gasteiger partial charge in [-0.15, -0.1) is 0 Å². The maximum Gasteiger partial charge on any atom is 0.373 e. The zero-order valence-electron chi connectivity index (χ0n) is 7.17. The van der Waals surface area contributed by atoms with E-state index in [0.29, 0.717) is 6.54 Å². The molecule has 2 N–H and O–H groups in total. The van der Waals surface area contributed by atoms with Crippen LogP contribution >= 0.6 is 0 Å². The molecule has 0 aliphatic carbocycles. The minimum Gasteiger partial charge on any atom is -0.463 e. The fourth-order valence-corrected chi connectivity index (χ4v) is 0.571. The van der Waals surface area contributed by atoms with Crippen LogP contribution in [0, 0.1) is 0 Å². The van der Waals surface area contributed by atoms with Gasteiger partial charge in [0, 0.05) is 6.21 Å². The monoisotopic (exact) mass is 182 g/mol. The lowest BCUT2D eigenvalue weighted by molar-refractivity contribution is -0.132. The molecule has 6 nitrogen and oxygen atoms in total. The predicted molar refractivity (Wildman–Crippen MR) is 49.3 cm³/mol. The number of ether oxygens (including phenoxy) is 1. The Balaban J connectivity index is 2.27. The van der Waals surface area contributed by atoms with Crippen molar-refractivity contribution < 1.29 is 9.53 Å². The molecule has 1 atom stereocenters. The molecule has 0 radical (unpaired) electrons. The SMILES string of the molecule is COC(=O)C(N)=NC=NCC1C=N1. The summed E-state index contributed by atoms with van der Waals surface area (Å²) in [4.78, 5) is 22.0. The van der Waals surface area contributed by atoms with Gasteiger partial charge in [-0.05, 0) is 0 Å². The lowest BCUT2D eigenvalue weighted by Gasteiger charge is -1.93. The summed E-state index contributed by atoms with van der Waals surface area (Å²) in [6.07, 6.45) is 3.01. The number of nitrogens with zero attached hydrogens (tertiary/aromatic N) is 3. The number of esters is 1. The number of methoxy groups -OCH3 is 1. The maximum atomic E-state index is 10.7. The molecule has 1 unspecified atom stereocenters. The van der Waals surface area contributed by atoms with Crippen molar-refractivity contribution in [3.63, 3.8) is 0 Å². The number of hydrogen-bond acceptors (Lipinski definition) is 4. The van der Waals surface area contributed by atoms with Gasteiger partial charge in [0.1, 0.15) is 12.4 Å². The van der Waals surface area contributed by atoms with Gasteiger partial charge in [0.15, 0.2) is 0 Å². The van der Waals surface area contributed by atoms with Crippen LogP contribution in [0.15, 0.2) is 15.0 Å². The third-order valence-electron chi connectivity index (χ3n) is 1.33. The lowest BCUT2D eigenvalue weighted by Crippen LogP contribution is -2.25. The third kappa shape index (κ3) is 3.46. The van der Waals surface area contributed by atoms with Crippen molar-refractivity contribution in [3.8, 4) is 0 Å². The quantitative estimate of drug-likeness (QED) is 0.345. The zero-order valence-corrected chi connectivity index (χ0v) is 7.17. The Bertz CT molecular complexity index is 276. The number of hydrogen-bond donors (Lipinski definition) is 1. The fourth-order valence-electron chi connectivity index (χ4n) is 0.571. The molecule has 1 aliphatic heterocycles. The van der Waals surface area contributed by atoms with Crippen LogP contribution in [0.2, 0.25) is 0 Å². The normalized spacial score (nSPS) is 20.7. The molecule has 1 aliphatic rings. The summed E-state index contributed by atoms with van der Waals surface area (Å²) in [7, 11) is 1.24. The summed E-state index contributed by atoms with van der Waals surface area (Å²) in [5.74, 6) is -0.864. The van der Waals surface area contributed by atoms with Crippen molar-refractivity contribution in [2.24, 2.45) is 20.7 Å². The molecule has 0 bridgehead atoms. The smallest absolute Gasteiger partial charge is 0.373 e. The number of rotatable bonds is 3. The van der Waals surface area contributed by atoms with Crippen molar-refractivity contribution >= 4 is 24.4 Å². The van der Waals surface area contributed by atoms with E-state index in [1.807, 2.05) is 0 Å². The number of nitrogens with two attached hydrogens (primary N) is 1. The molecular weight excluding hydrogens is 172 g/mol. The Morgan fingerprint density at radius 3 is 3.08 bits per heavy atom. The highest BCUT2D eigenvalue weighted by Crippen LogP contribution is 1.99. The topological polar surface area (TPSA) is 89.4 Å². The van der Waals surface area contributed by atoms with Crippen LogP contribution in [0.5, 0.6) is 0 Å². The van der Waals surface area contributed by atoms with Gasteiger partial charge >= 0.3 is 5.97 Å². The van der Waals surface area contributed by atoms with Crippen LogP contribution in [0.4, 0.5) is 0 Å². The third-order valence-corrected chi connectivity index (χ3v) is 1.33. The number of aliphatic imine (C=N–C) groups is 3. The molecule has 0 aromatic carbocycles. The van der Waals surface area contributed by atoms with Gasteiger partial charge in [-0.1, -0.05) is 0 Å². The zero-order chi connectivity index (χ0) is 9.68. The molecule has 0 amide bonds. The fraction of sp³-hybridized carbons (Fsp3) is 0.429. The van der Waals surface area contributed by atoms with Crippen LogP contribution < -0.4 is 5.73 Å². The van der Waals surface area contributed by atoms with E-state index < -0.39 is 5.97 Å². The second-order valence-electron chi connectivity index (χ2n) is 2.35. The second-order valence-corrected chi connectivity index (χ2v) is 2.35. The Labute approximate surface area is 75.2 Å². The molecule has 70 valence electrons. The molecule has 0 aromatic rings. The molecule has 0 spiro atoms. The summed E-state index contributed by atoms with van der Waals surface area (Å²) in [5, 5.41) is 0. The minimum atomic E-state index is -0.658. The first-order valence-corrected chi connectivity index (χ1v) is 3.67. The van der Waals surface area contributed by atoms with Crippen LogP contribution in [0.1, 0.15) is 0 Å². The first-order valence-electron chi connectivity index (χ1n) is 3.67. The molecule has 1 heterocycles. The number of carbonyl (C=O) groups is 1. The van der Waals surface area contributed by atoms with E-state index in [1.54, 1.807) is 6.21 Å². The van der Waals surface area contributed by atoms with E-state index >= 15 is 0 Å². The van der Waals surface area contributed by atoms with Crippen molar-refractivity contribution in [2.45, 2.75) is 6.04 Å². The summed E-state index contributed by atoms with van der Waals surface area (Å²) >= 11 is 0. The average Bonchev–Trinajstić information content (AvgIpc) is 2.94. The highest BCUT2D eigenvalue weighted by Gasteiger charge is 2.10. The molecule has 0 aromatic heterocycles.